The first-order valence-corrected chi connectivity index (χ1v) is 7.23. The van der Waals surface area contributed by atoms with Gasteiger partial charge >= 0.3 is 0 Å². The van der Waals surface area contributed by atoms with Gasteiger partial charge in [0.1, 0.15) is 0 Å². The molecule has 0 amide bonds. The minimum Gasteiger partial charge on any atom is -0.383 e. The Morgan fingerprint density at radius 1 is 1.18 bits per heavy atom. The summed E-state index contributed by atoms with van der Waals surface area (Å²) < 4.78 is 5.23. The predicted octanol–water partition coefficient (Wildman–Crippen LogP) is 2.27. The van der Waals surface area contributed by atoms with Gasteiger partial charge in [-0.2, -0.15) is 0 Å². The highest BCUT2D eigenvalue weighted by Gasteiger charge is 2.25. The lowest BCUT2D eigenvalue weighted by atomic mass is 9.91. The number of hydrogen-bond acceptors (Lipinski definition) is 3. The van der Waals surface area contributed by atoms with Crippen molar-refractivity contribution in [1.29, 1.82) is 0 Å². The molecule has 0 spiro atoms. The van der Waals surface area contributed by atoms with Gasteiger partial charge < -0.3 is 10.1 Å². The van der Waals surface area contributed by atoms with Crippen LogP contribution < -0.4 is 5.32 Å². The van der Waals surface area contributed by atoms with Crippen LogP contribution in [-0.2, 0) is 4.74 Å². The van der Waals surface area contributed by atoms with Gasteiger partial charge in [0.15, 0.2) is 0 Å². The predicted molar refractivity (Wildman–Crippen MR) is 73.5 cm³/mol. The van der Waals surface area contributed by atoms with E-state index in [0.717, 1.165) is 19.7 Å². The molecule has 1 fully saturated rings. The van der Waals surface area contributed by atoms with E-state index in [9.17, 15) is 0 Å². The fraction of sp³-hybridized carbons (Fsp3) is 1.00. The molecule has 2 unspecified atom stereocenters. The first-order chi connectivity index (χ1) is 8.33. The second kappa shape index (κ2) is 8.90. The summed E-state index contributed by atoms with van der Waals surface area (Å²) in [4.78, 5) is 2.59. The molecular formula is C14H30N2O. The molecule has 0 aromatic carbocycles. The molecule has 102 valence electrons. The zero-order valence-corrected chi connectivity index (χ0v) is 11.9. The lowest BCUT2D eigenvalue weighted by molar-refractivity contribution is 0.0963. The number of methoxy groups -OCH3 is 1. The normalized spacial score (nSPS) is 26.8. The van der Waals surface area contributed by atoms with Gasteiger partial charge in [-0.15, -0.1) is 0 Å². The quantitative estimate of drug-likeness (QED) is 0.773. The average Bonchev–Trinajstić information content (AvgIpc) is 2.32. The Hall–Kier alpha value is -0.120. The van der Waals surface area contributed by atoms with Gasteiger partial charge in [-0.3, -0.25) is 4.90 Å². The van der Waals surface area contributed by atoms with Crippen molar-refractivity contribution in [2.45, 2.75) is 57.5 Å². The van der Waals surface area contributed by atoms with Gasteiger partial charge in [0.25, 0.3) is 0 Å². The zero-order valence-electron chi connectivity index (χ0n) is 11.9. The lowest BCUT2D eigenvalue weighted by Gasteiger charge is -2.37. The molecule has 1 aliphatic carbocycles. The maximum absolute atomic E-state index is 5.23. The van der Waals surface area contributed by atoms with Crippen molar-refractivity contribution in [1.82, 2.24) is 10.2 Å². The molecule has 0 radical (unpaired) electrons. The number of likely N-dealkylation sites (N-methyl/N-ethyl adjacent to an activating group) is 2. The van der Waals surface area contributed by atoms with Crippen LogP contribution in [0.1, 0.15) is 45.4 Å². The molecule has 1 saturated carbocycles. The number of ether oxygens (including phenoxy) is 1. The van der Waals surface area contributed by atoms with Gasteiger partial charge in [-0.1, -0.05) is 32.6 Å². The molecule has 0 heterocycles. The third-order valence-corrected chi connectivity index (χ3v) is 4.06. The SMILES string of the molecule is CCN(CCOC)C1CCCCCCC1NC. The van der Waals surface area contributed by atoms with Crippen molar-refractivity contribution in [2.24, 2.45) is 0 Å². The number of nitrogens with zero attached hydrogens (tertiary/aromatic N) is 1. The molecule has 1 aliphatic rings. The Kier molecular flexibility index (Phi) is 7.82. The number of nitrogens with one attached hydrogen (secondary N) is 1. The first-order valence-electron chi connectivity index (χ1n) is 7.23. The number of hydrogen-bond donors (Lipinski definition) is 1. The number of rotatable bonds is 6. The van der Waals surface area contributed by atoms with Crippen LogP contribution in [0.15, 0.2) is 0 Å². The smallest absolute Gasteiger partial charge is 0.0589 e. The molecule has 0 aromatic heterocycles. The van der Waals surface area contributed by atoms with Gasteiger partial charge in [0.2, 0.25) is 0 Å². The van der Waals surface area contributed by atoms with Crippen LogP contribution in [0.3, 0.4) is 0 Å². The van der Waals surface area contributed by atoms with Crippen molar-refractivity contribution in [3.8, 4) is 0 Å². The van der Waals surface area contributed by atoms with Crippen LogP contribution in [0.4, 0.5) is 0 Å². The summed E-state index contributed by atoms with van der Waals surface area (Å²) in [6.07, 6.45) is 8.24. The van der Waals surface area contributed by atoms with E-state index in [4.69, 9.17) is 4.74 Å². The average molecular weight is 242 g/mol. The molecule has 0 saturated heterocycles. The molecule has 0 aliphatic heterocycles. The molecule has 2 atom stereocenters. The van der Waals surface area contributed by atoms with Crippen LogP contribution >= 0.6 is 0 Å². The third kappa shape index (κ3) is 4.94. The Morgan fingerprint density at radius 3 is 2.47 bits per heavy atom. The highest BCUT2D eigenvalue weighted by molar-refractivity contribution is 4.85. The fourth-order valence-electron chi connectivity index (χ4n) is 3.01. The Morgan fingerprint density at radius 2 is 1.88 bits per heavy atom. The van der Waals surface area contributed by atoms with E-state index in [1.54, 1.807) is 7.11 Å². The minimum absolute atomic E-state index is 0.659. The molecule has 0 bridgehead atoms. The summed E-state index contributed by atoms with van der Waals surface area (Å²) in [5.41, 5.74) is 0. The summed E-state index contributed by atoms with van der Waals surface area (Å²) in [5.74, 6) is 0. The van der Waals surface area contributed by atoms with E-state index in [-0.39, 0.29) is 0 Å². The molecule has 1 rings (SSSR count). The second-order valence-electron chi connectivity index (χ2n) is 5.08. The van der Waals surface area contributed by atoms with Crippen LogP contribution in [0, 0.1) is 0 Å². The molecule has 0 aromatic rings. The summed E-state index contributed by atoms with van der Waals surface area (Å²) in [6.45, 7) is 5.31. The standard InChI is InChI=1S/C14H30N2O/c1-4-16(11-12-17-3)14-10-8-6-5-7-9-13(14)15-2/h13-15H,4-12H2,1-3H3. The maximum atomic E-state index is 5.23. The highest BCUT2D eigenvalue weighted by atomic mass is 16.5. The highest BCUT2D eigenvalue weighted by Crippen LogP contribution is 2.21. The van der Waals surface area contributed by atoms with Crippen LogP contribution in [-0.4, -0.2) is 50.8 Å². The summed E-state index contributed by atoms with van der Waals surface area (Å²) >= 11 is 0. The van der Waals surface area contributed by atoms with Crippen molar-refractivity contribution < 1.29 is 4.74 Å². The van der Waals surface area contributed by atoms with Gasteiger partial charge in [-0.25, -0.2) is 0 Å². The van der Waals surface area contributed by atoms with Crippen LogP contribution in [0.5, 0.6) is 0 Å². The minimum atomic E-state index is 0.659. The van der Waals surface area contributed by atoms with E-state index in [1.807, 2.05) is 0 Å². The molecule has 3 heteroatoms. The second-order valence-corrected chi connectivity index (χ2v) is 5.08. The first kappa shape index (κ1) is 14.9. The van der Waals surface area contributed by atoms with E-state index in [2.05, 4.69) is 24.2 Å². The zero-order chi connectivity index (χ0) is 12.5. The van der Waals surface area contributed by atoms with Gasteiger partial charge in [-0.05, 0) is 26.4 Å². The molecular weight excluding hydrogens is 212 g/mol. The molecule has 3 nitrogen and oxygen atoms in total. The van der Waals surface area contributed by atoms with Crippen LogP contribution in [0.25, 0.3) is 0 Å². The fourth-order valence-corrected chi connectivity index (χ4v) is 3.01. The van der Waals surface area contributed by atoms with Crippen molar-refractivity contribution in [2.75, 3.05) is 33.9 Å². The monoisotopic (exact) mass is 242 g/mol. The molecule has 17 heavy (non-hydrogen) atoms. The van der Waals surface area contributed by atoms with Crippen molar-refractivity contribution in [3.63, 3.8) is 0 Å². The van der Waals surface area contributed by atoms with Gasteiger partial charge in [0.05, 0.1) is 6.61 Å². The van der Waals surface area contributed by atoms with E-state index >= 15 is 0 Å². The lowest BCUT2D eigenvalue weighted by Crippen LogP contribution is -2.50. The Balaban J connectivity index is 2.57. The van der Waals surface area contributed by atoms with Crippen molar-refractivity contribution >= 4 is 0 Å². The van der Waals surface area contributed by atoms with E-state index in [0.29, 0.717) is 12.1 Å². The largest absolute Gasteiger partial charge is 0.383 e. The van der Waals surface area contributed by atoms with E-state index < -0.39 is 0 Å². The van der Waals surface area contributed by atoms with E-state index in [1.165, 1.54) is 38.5 Å². The topological polar surface area (TPSA) is 24.5 Å². The summed E-state index contributed by atoms with van der Waals surface area (Å²) in [6, 6.07) is 1.35. The summed E-state index contributed by atoms with van der Waals surface area (Å²) in [5, 5.41) is 3.53. The van der Waals surface area contributed by atoms with Gasteiger partial charge in [0, 0.05) is 25.7 Å². The summed E-state index contributed by atoms with van der Waals surface area (Å²) in [7, 11) is 3.91. The maximum Gasteiger partial charge on any atom is 0.0589 e. The third-order valence-electron chi connectivity index (χ3n) is 4.06. The Bertz CT molecular complexity index is 187. The Labute approximate surface area is 107 Å². The van der Waals surface area contributed by atoms with Crippen LogP contribution in [0.2, 0.25) is 0 Å². The van der Waals surface area contributed by atoms with Crippen molar-refractivity contribution in [3.05, 3.63) is 0 Å². The molecule has 1 N–H and O–H groups in total.